The van der Waals surface area contributed by atoms with Gasteiger partial charge >= 0.3 is 0 Å². The van der Waals surface area contributed by atoms with E-state index in [9.17, 15) is 5.11 Å². The van der Waals surface area contributed by atoms with Crippen molar-refractivity contribution >= 4 is 0 Å². The molecular formula is C18H21NO. The summed E-state index contributed by atoms with van der Waals surface area (Å²) in [5, 5.41) is 14.0. The van der Waals surface area contributed by atoms with E-state index in [1.54, 1.807) is 0 Å². The monoisotopic (exact) mass is 267 g/mol. The predicted octanol–water partition coefficient (Wildman–Crippen LogP) is 3.39. The standard InChI is InChI=1S/C18H21NO/c1-18(15-10-6-3-7-11-15)13-16(20)12-17(19-18)14-8-4-2-5-9-14/h2-11,16-17,19-20H,12-13H2,1H3/t16-,17-,18+/m0/s1. The number of hydrogen-bond acceptors (Lipinski definition) is 2. The third-order valence-corrected chi connectivity index (χ3v) is 4.26. The number of nitrogens with one attached hydrogen (secondary N) is 1. The molecule has 1 aliphatic rings. The van der Waals surface area contributed by atoms with E-state index in [1.807, 2.05) is 12.1 Å². The van der Waals surface area contributed by atoms with Crippen LogP contribution in [0.5, 0.6) is 0 Å². The van der Waals surface area contributed by atoms with Gasteiger partial charge in [0, 0.05) is 11.6 Å². The SMILES string of the molecule is C[C@]1(c2ccccc2)C[C@@H](O)C[C@@H](c2ccccc2)N1. The normalized spacial score (nSPS) is 30.1. The molecule has 0 bridgehead atoms. The molecule has 2 N–H and O–H groups in total. The summed E-state index contributed by atoms with van der Waals surface area (Å²) in [6, 6.07) is 21.0. The number of aliphatic hydroxyl groups is 1. The smallest absolute Gasteiger partial charge is 0.0579 e. The molecule has 2 aromatic rings. The molecule has 2 nitrogen and oxygen atoms in total. The number of rotatable bonds is 2. The Labute approximate surface area is 120 Å². The van der Waals surface area contributed by atoms with Crippen molar-refractivity contribution in [3.63, 3.8) is 0 Å². The van der Waals surface area contributed by atoms with Gasteiger partial charge in [-0.3, -0.25) is 0 Å². The van der Waals surface area contributed by atoms with Gasteiger partial charge in [0.05, 0.1) is 6.10 Å². The minimum atomic E-state index is -0.272. The molecule has 3 atom stereocenters. The summed E-state index contributed by atoms with van der Waals surface area (Å²) in [6.45, 7) is 2.18. The van der Waals surface area contributed by atoms with Crippen molar-refractivity contribution in [3.8, 4) is 0 Å². The molecule has 1 heterocycles. The van der Waals surface area contributed by atoms with E-state index in [-0.39, 0.29) is 17.7 Å². The van der Waals surface area contributed by atoms with Crippen LogP contribution in [0, 0.1) is 0 Å². The second-order valence-corrected chi connectivity index (χ2v) is 5.90. The van der Waals surface area contributed by atoms with Gasteiger partial charge in [0.15, 0.2) is 0 Å². The van der Waals surface area contributed by atoms with Crippen LogP contribution < -0.4 is 5.32 Å². The van der Waals surface area contributed by atoms with Gasteiger partial charge < -0.3 is 10.4 Å². The van der Waals surface area contributed by atoms with Gasteiger partial charge in [0.2, 0.25) is 0 Å². The van der Waals surface area contributed by atoms with Gasteiger partial charge in [-0.25, -0.2) is 0 Å². The molecule has 0 saturated carbocycles. The highest BCUT2D eigenvalue weighted by Crippen LogP contribution is 2.37. The third kappa shape index (κ3) is 2.62. The third-order valence-electron chi connectivity index (χ3n) is 4.26. The Morgan fingerprint density at radius 3 is 2.25 bits per heavy atom. The summed E-state index contributed by atoms with van der Waals surface area (Å²) >= 11 is 0. The van der Waals surface area contributed by atoms with E-state index < -0.39 is 0 Å². The first kappa shape index (κ1) is 13.3. The summed E-state index contributed by atoms with van der Waals surface area (Å²) < 4.78 is 0. The molecule has 1 aliphatic heterocycles. The molecule has 0 amide bonds. The highest BCUT2D eigenvalue weighted by Gasteiger charge is 2.37. The Morgan fingerprint density at radius 1 is 1.00 bits per heavy atom. The van der Waals surface area contributed by atoms with Crippen molar-refractivity contribution in [2.75, 3.05) is 0 Å². The Kier molecular flexibility index (Phi) is 3.60. The number of aliphatic hydroxyl groups excluding tert-OH is 1. The lowest BCUT2D eigenvalue weighted by Gasteiger charge is -2.43. The fourth-order valence-corrected chi connectivity index (χ4v) is 3.24. The molecule has 0 spiro atoms. The van der Waals surface area contributed by atoms with E-state index in [2.05, 4.69) is 60.8 Å². The van der Waals surface area contributed by atoms with Gasteiger partial charge in [-0.05, 0) is 30.9 Å². The summed E-state index contributed by atoms with van der Waals surface area (Å²) in [4.78, 5) is 0. The van der Waals surface area contributed by atoms with Crippen molar-refractivity contribution in [2.24, 2.45) is 0 Å². The Hall–Kier alpha value is -1.64. The van der Waals surface area contributed by atoms with E-state index >= 15 is 0 Å². The molecule has 1 fully saturated rings. The number of benzene rings is 2. The second-order valence-electron chi connectivity index (χ2n) is 5.90. The zero-order valence-corrected chi connectivity index (χ0v) is 11.8. The van der Waals surface area contributed by atoms with Crippen LogP contribution in [0.3, 0.4) is 0 Å². The van der Waals surface area contributed by atoms with Crippen molar-refractivity contribution in [2.45, 2.75) is 37.5 Å². The zero-order valence-electron chi connectivity index (χ0n) is 11.8. The Balaban J connectivity index is 1.90. The van der Waals surface area contributed by atoms with E-state index in [4.69, 9.17) is 0 Å². The Bertz CT molecular complexity index is 554. The summed E-state index contributed by atoms with van der Waals surface area (Å²) in [5.74, 6) is 0. The van der Waals surface area contributed by atoms with Gasteiger partial charge in [-0.2, -0.15) is 0 Å². The maximum atomic E-state index is 10.3. The van der Waals surface area contributed by atoms with Crippen molar-refractivity contribution in [3.05, 3.63) is 71.8 Å². The lowest BCUT2D eigenvalue weighted by molar-refractivity contribution is 0.0583. The fourth-order valence-electron chi connectivity index (χ4n) is 3.24. The molecule has 104 valence electrons. The van der Waals surface area contributed by atoms with Crippen molar-refractivity contribution < 1.29 is 5.11 Å². The summed E-state index contributed by atoms with van der Waals surface area (Å²) in [6.07, 6.45) is 1.25. The molecule has 1 saturated heterocycles. The molecule has 2 aromatic carbocycles. The minimum absolute atomic E-state index is 0.181. The average molecular weight is 267 g/mol. The number of hydrogen-bond donors (Lipinski definition) is 2. The molecule has 20 heavy (non-hydrogen) atoms. The van der Waals surface area contributed by atoms with E-state index in [0.29, 0.717) is 0 Å². The molecule has 0 radical (unpaired) electrons. The van der Waals surface area contributed by atoms with Crippen molar-refractivity contribution in [1.29, 1.82) is 0 Å². The zero-order chi connectivity index (χ0) is 14.0. The Morgan fingerprint density at radius 2 is 1.60 bits per heavy atom. The van der Waals surface area contributed by atoms with Crippen LogP contribution in [0.1, 0.15) is 36.9 Å². The molecular weight excluding hydrogens is 246 g/mol. The highest BCUT2D eigenvalue weighted by molar-refractivity contribution is 5.28. The molecule has 0 aliphatic carbocycles. The minimum Gasteiger partial charge on any atom is -0.393 e. The highest BCUT2D eigenvalue weighted by atomic mass is 16.3. The van der Waals surface area contributed by atoms with Crippen LogP contribution in [0.4, 0.5) is 0 Å². The average Bonchev–Trinajstić information content (AvgIpc) is 2.48. The van der Waals surface area contributed by atoms with Gasteiger partial charge in [0.1, 0.15) is 0 Å². The van der Waals surface area contributed by atoms with Crippen LogP contribution in [-0.4, -0.2) is 11.2 Å². The van der Waals surface area contributed by atoms with Gasteiger partial charge in [-0.15, -0.1) is 0 Å². The topological polar surface area (TPSA) is 32.3 Å². The maximum absolute atomic E-state index is 10.3. The van der Waals surface area contributed by atoms with Gasteiger partial charge in [-0.1, -0.05) is 60.7 Å². The number of piperidine rings is 1. The quantitative estimate of drug-likeness (QED) is 0.874. The first-order valence-corrected chi connectivity index (χ1v) is 7.24. The van der Waals surface area contributed by atoms with Crippen LogP contribution in [0.25, 0.3) is 0 Å². The van der Waals surface area contributed by atoms with Crippen LogP contribution >= 0.6 is 0 Å². The lowest BCUT2D eigenvalue weighted by atomic mass is 9.79. The summed E-state index contributed by atoms with van der Waals surface area (Å²) in [7, 11) is 0. The van der Waals surface area contributed by atoms with Crippen LogP contribution in [-0.2, 0) is 5.54 Å². The molecule has 3 rings (SSSR count). The molecule has 2 heteroatoms. The molecule has 0 unspecified atom stereocenters. The maximum Gasteiger partial charge on any atom is 0.0579 e. The largest absolute Gasteiger partial charge is 0.393 e. The first-order chi connectivity index (χ1) is 9.67. The van der Waals surface area contributed by atoms with Crippen molar-refractivity contribution in [1.82, 2.24) is 5.32 Å². The predicted molar refractivity (Wildman–Crippen MR) is 81.4 cm³/mol. The fraction of sp³-hybridized carbons (Fsp3) is 0.333. The second kappa shape index (κ2) is 5.39. The molecule has 0 aromatic heterocycles. The van der Waals surface area contributed by atoms with Crippen LogP contribution in [0.15, 0.2) is 60.7 Å². The van der Waals surface area contributed by atoms with E-state index in [0.717, 1.165) is 12.8 Å². The summed E-state index contributed by atoms with van der Waals surface area (Å²) in [5.41, 5.74) is 2.30. The van der Waals surface area contributed by atoms with Gasteiger partial charge in [0.25, 0.3) is 0 Å². The lowest BCUT2D eigenvalue weighted by Crippen LogP contribution is -2.49. The first-order valence-electron chi connectivity index (χ1n) is 7.24. The van der Waals surface area contributed by atoms with E-state index in [1.165, 1.54) is 11.1 Å². The van der Waals surface area contributed by atoms with Crippen LogP contribution in [0.2, 0.25) is 0 Å².